The van der Waals surface area contributed by atoms with Gasteiger partial charge in [0.25, 0.3) is 0 Å². The first-order valence-corrected chi connectivity index (χ1v) is 12.9. The summed E-state index contributed by atoms with van der Waals surface area (Å²) in [7, 11) is 0. The molecule has 0 radical (unpaired) electrons. The molecule has 3 heteroatoms. The Labute approximate surface area is 176 Å². The van der Waals surface area contributed by atoms with Crippen molar-refractivity contribution in [1.29, 1.82) is 0 Å². The van der Waals surface area contributed by atoms with Gasteiger partial charge in [-0.25, -0.2) is 0 Å². The van der Waals surface area contributed by atoms with E-state index < -0.39 is 0 Å². The van der Waals surface area contributed by atoms with Crippen molar-refractivity contribution in [2.75, 3.05) is 10.2 Å². The number of hydrogen-bond acceptors (Lipinski definition) is 2. The SMILES string of the molecule is ICCCCCC(CCSCc1ccccc1)SCc1ccccc1. The van der Waals surface area contributed by atoms with E-state index in [-0.39, 0.29) is 0 Å². The molecule has 2 aromatic rings. The number of unbranched alkanes of at least 4 members (excludes halogenated alkanes) is 2. The van der Waals surface area contributed by atoms with E-state index >= 15 is 0 Å². The van der Waals surface area contributed by atoms with Crippen molar-refractivity contribution < 1.29 is 0 Å². The fourth-order valence-electron chi connectivity index (χ4n) is 2.72. The molecular formula is C22H29IS2. The molecule has 136 valence electrons. The smallest absolute Gasteiger partial charge is 0.0187 e. The summed E-state index contributed by atoms with van der Waals surface area (Å²) in [6, 6.07) is 21.8. The second-order valence-corrected chi connectivity index (χ2v) is 9.76. The van der Waals surface area contributed by atoms with Crippen LogP contribution in [0.15, 0.2) is 60.7 Å². The summed E-state index contributed by atoms with van der Waals surface area (Å²) in [6.45, 7) is 0. The van der Waals surface area contributed by atoms with Crippen molar-refractivity contribution >= 4 is 46.1 Å². The van der Waals surface area contributed by atoms with Crippen LogP contribution in [0.2, 0.25) is 0 Å². The molecule has 0 amide bonds. The topological polar surface area (TPSA) is 0 Å². The highest BCUT2D eigenvalue weighted by molar-refractivity contribution is 14.1. The van der Waals surface area contributed by atoms with Crippen LogP contribution in [0, 0.1) is 0 Å². The van der Waals surface area contributed by atoms with Gasteiger partial charge in [0.05, 0.1) is 0 Å². The Morgan fingerprint density at radius 2 is 1.36 bits per heavy atom. The maximum atomic E-state index is 2.49. The average molecular weight is 485 g/mol. The van der Waals surface area contributed by atoms with Gasteiger partial charge in [-0.1, -0.05) is 96.1 Å². The lowest BCUT2D eigenvalue weighted by atomic mass is 10.1. The molecule has 1 atom stereocenters. The average Bonchev–Trinajstić information content (AvgIpc) is 2.67. The highest BCUT2D eigenvalue weighted by atomic mass is 127. The third-order valence-corrected chi connectivity index (χ3v) is 7.45. The molecule has 0 bridgehead atoms. The zero-order valence-electron chi connectivity index (χ0n) is 14.9. The summed E-state index contributed by atoms with van der Waals surface area (Å²) in [6.07, 6.45) is 6.86. The quantitative estimate of drug-likeness (QED) is 0.163. The monoisotopic (exact) mass is 484 g/mol. The molecule has 0 N–H and O–H groups in total. The van der Waals surface area contributed by atoms with Gasteiger partial charge >= 0.3 is 0 Å². The third-order valence-electron chi connectivity index (χ3n) is 4.18. The molecule has 0 aliphatic rings. The van der Waals surface area contributed by atoms with Gasteiger partial charge in [-0.3, -0.25) is 0 Å². The lowest BCUT2D eigenvalue weighted by Gasteiger charge is -2.16. The molecule has 0 heterocycles. The standard InChI is InChI=1S/C22H29IS2/c23-16-9-3-8-14-22(25-19-21-12-6-2-7-13-21)15-17-24-18-20-10-4-1-5-11-20/h1-2,4-7,10-13,22H,3,8-9,14-19H2. The predicted molar refractivity (Wildman–Crippen MR) is 126 cm³/mol. The van der Waals surface area contributed by atoms with Crippen molar-refractivity contribution in [3.05, 3.63) is 71.8 Å². The minimum Gasteiger partial charge on any atom is -0.157 e. The van der Waals surface area contributed by atoms with Crippen LogP contribution in [0.5, 0.6) is 0 Å². The van der Waals surface area contributed by atoms with Gasteiger partial charge in [-0.2, -0.15) is 23.5 Å². The summed E-state index contributed by atoms with van der Waals surface area (Å²) in [5, 5.41) is 0.803. The number of rotatable bonds is 13. The fourth-order valence-corrected chi connectivity index (χ4v) is 5.67. The molecule has 2 rings (SSSR count). The molecule has 1 unspecified atom stereocenters. The molecule has 0 nitrogen and oxygen atoms in total. The lowest BCUT2D eigenvalue weighted by molar-refractivity contribution is 0.642. The molecule has 0 aliphatic carbocycles. The first-order chi connectivity index (χ1) is 12.4. The van der Waals surface area contributed by atoms with Crippen LogP contribution < -0.4 is 0 Å². The predicted octanol–water partition coefficient (Wildman–Crippen LogP) is 7.61. The number of alkyl halides is 1. The van der Waals surface area contributed by atoms with E-state index in [1.807, 2.05) is 0 Å². The zero-order chi connectivity index (χ0) is 17.6. The Morgan fingerprint density at radius 1 is 0.720 bits per heavy atom. The summed E-state index contributed by atoms with van der Waals surface area (Å²) < 4.78 is 1.30. The van der Waals surface area contributed by atoms with Crippen LogP contribution in [0.4, 0.5) is 0 Å². The van der Waals surface area contributed by atoms with Gasteiger partial charge in [0.15, 0.2) is 0 Å². The van der Waals surface area contributed by atoms with Crippen molar-refractivity contribution in [3.8, 4) is 0 Å². The van der Waals surface area contributed by atoms with E-state index in [2.05, 4.69) is 107 Å². The molecule has 0 aliphatic heterocycles. The van der Waals surface area contributed by atoms with Gasteiger partial charge < -0.3 is 0 Å². The van der Waals surface area contributed by atoms with Crippen LogP contribution in [-0.2, 0) is 11.5 Å². The van der Waals surface area contributed by atoms with Crippen molar-refractivity contribution in [2.45, 2.75) is 48.9 Å². The Balaban J connectivity index is 1.70. The minimum atomic E-state index is 0.803. The molecule has 0 aromatic heterocycles. The van der Waals surface area contributed by atoms with Crippen LogP contribution in [0.1, 0.15) is 43.2 Å². The first kappa shape index (κ1) is 21.2. The van der Waals surface area contributed by atoms with E-state index in [1.165, 1.54) is 53.4 Å². The maximum Gasteiger partial charge on any atom is 0.0187 e. The fraction of sp³-hybridized carbons (Fsp3) is 0.455. The maximum absolute atomic E-state index is 2.49. The van der Waals surface area contributed by atoms with E-state index in [0.717, 1.165) is 16.8 Å². The van der Waals surface area contributed by atoms with E-state index in [0.29, 0.717) is 0 Å². The van der Waals surface area contributed by atoms with Gasteiger partial charge in [-0.15, -0.1) is 0 Å². The number of hydrogen-bond donors (Lipinski definition) is 0. The third kappa shape index (κ3) is 9.95. The number of benzene rings is 2. The normalized spacial score (nSPS) is 12.2. The summed E-state index contributed by atoms with van der Waals surface area (Å²) in [5.74, 6) is 3.57. The highest BCUT2D eigenvalue weighted by Crippen LogP contribution is 2.27. The van der Waals surface area contributed by atoms with Crippen LogP contribution in [0.25, 0.3) is 0 Å². The van der Waals surface area contributed by atoms with Crippen LogP contribution >= 0.6 is 46.1 Å². The molecule has 25 heavy (non-hydrogen) atoms. The number of halogens is 1. The van der Waals surface area contributed by atoms with Gasteiger partial charge in [0, 0.05) is 16.8 Å². The molecule has 0 spiro atoms. The second kappa shape index (κ2) is 14.0. The van der Waals surface area contributed by atoms with Gasteiger partial charge in [0.2, 0.25) is 0 Å². The van der Waals surface area contributed by atoms with Crippen molar-refractivity contribution in [3.63, 3.8) is 0 Å². The van der Waals surface area contributed by atoms with Crippen molar-refractivity contribution in [2.24, 2.45) is 0 Å². The largest absolute Gasteiger partial charge is 0.157 e. The van der Waals surface area contributed by atoms with Crippen molar-refractivity contribution in [1.82, 2.24) is 0 Å². The second-order valence-electron chi connectivity index (χ2n) is 6.28. The summed E-state index contributed by atoms with van der Waals surface area (Å²) in [5.41, 5.74) is 2.91. The summed E-state index contributed by atoms with van der Waals surface area (Å²) in [4.78, 5) is 0. The minimum absolute atomic E-state index is 0.803. The lowest BCUT2D eigenvalue weighted by Crippen LogP contribution is -2.05. The Kier molecular flexibility index (Phi) is 11.9. The zero-order valence-corrected chi connectivity index (χ0v) is 18.7. The van der Waals surface area contributed by atoms with Gasteiger partial charge in [0.1, 0.15) is 0 Å². The van der Waals surface area contributed by atoms with Crippen LogP contribution in [-0.4, -0.2) is 15.4 Å². The highest BCUT2D eigenvalue weighted by Gasteiger charge is 2.10. The molecule has 2 aromatic carbocycles. The van der Waals surface area contributed by atoms with E-state index in [9.17, 15) is 0 Å². The molecule has 0 saturated heterocycles. The molecule has 0 fully saturated rings. The Hall–Kier alpha value is -0.130. The Morgan fingerprint density at radius 3 is 2.00 bits per heavy atom. The van der Waals surface area contributed by atoms with Gasteiger partial charge in [-0.05, 0) is 40.6 Å². The first-order valence-electron chi connectivity index (χ1n) is 9.21. The number of thioether (sulfide) groups is 2. The van der Waals surface area contributed by atoms with E-state index in [1.54, 1.807) is 0 Å². The molecular weight excluding hydrogens is 455 g/mol. The Bertz CT molecular complexity index is 544. The van der Waals surface area contributed by atoms with Crippen LogP contribution in [0.3, 0.4) is 0 Å². The molecule has 0 saturated carbocycles. The summed E-state index contributed by atoms with van der Waals surface area (Å²) >= 11 is 6.74. The van der Waals surface area contributed by atoms with E-state index in [4.69, 9.17) is 0 Å².